The van der Waals surface area contributed by atoms with Crippen molar-refractivity contribution in [1.29, 1.82) is 0 Å². The third-order valence-electron chi connectivity index (χ3n) is 4.26. The van der Waals surface area contributed by atoms with Crippen molar-refractivity contribution in [2.24, 2.45) is 5.92 Å². The van der Waals surface area contributed by atoms with Crippen LogP contribution in [0.5, 0.6) is 0 Å². The van der Waals surface area contributed by atoms with Gasteiger partial charge in [0.1, 0.15) is 0 Å². The van der Waals surface area contributed by atoms with E-state index in [0.29, 0.717) is 12.5 Å². The topological polar surface area (TPSA) is 58.1 Å². The van der Waals surface area contributed by atoms with Crippen LogP contribution in [0.15, 0.2) is 49.1 Å². The van der Waals surface area contributed by atoms with Crippen molar-refractivity contribution in [1.82, 2.24) is 20.2 Å². The Morgan fingerprint density at radius 3 is 2.83 bits per heavy atom. The van der Waals surface area contributed by atoms with Gasteiger partial charge in [-0.2, -0.15) is 0 Å². The summed E-state index contributed by atoms with van der Waals surface area (Å²) in [6, 6.07) is 8.07. The molecule has 1 aliphatic rings. The molecule has 2 amide bonds. The molecule has 23 heavy (non-hydrogen) atoms. The number of pyridine rings is 2. The summed E-state index contributed by atoms with van der Waals surface area (Å²) < 4.78 is 0. The molecule has 3 rings (SSSR count). The second-order valence-corrected chi connectivity index (χ2v) is 6.00. The second-order valence-electron chi connectivity index (χ2n) is 6.00. The highest BCUT2D eigenvalue weighted by molar-refractivity contribution is 5.74. The quantitative estimate of drug-likeness (QED) is 0.922. The predicted octanol–water partition coefficient (Wildman–Crippen LogP) is 2.29. The van der Waals surface area contributed by atoms with Gasteiger partial charge in [-0.1, -0.05) is 6.07 Å². The fourth-order valence-electron chi connectivity index (χ4n) is 3.01. The largest absolute Gasteiger partial charge is 0.338 e. The molecule has 0 spiro atoms. The number of hydrogen-bond donors (Lipinski definition) is 1. The SMILES string of the molecule is O=C(NCCc1ccncc1)N1CCC(Cc2cccnc2)C1. The Labute approximate surface area is 136 Å². The van der Waals surface area contributed by atoms with Crippen molar-refractivity contribution >= 4 is 6.03 Å². The average Bonchev–Trinajstić information content (AvgIpc) is 3.05. The van der Waals surface area contributed by atoms with Crippen molar-refractivity contribution in [3.63, 3.8) is 0 Å². The van der Waals surface area contributed by atoms with Gasteiger partial charge in [-0.05, 0) is 54.5 Å². The number of carbonyl (C=O) groups excluding carboxylic acids is 1. The number of hydrogen-bond acceptors (Lipinski definition) is 3. The lowest BCUT2D eigenvalue weighted by Crippen LogP contribution is -2.39. The Balaban J connectivity index is 1.41. The van der Waals surface area contributed by atoms with Crippen LogP contribution in [0.1, 0.15) is 17.5 Å². The van der Waals surface area contributed by atoms with Gasteiger partial charge in [-0.25, -0.2) is 4.79 Å². The van der Waals surface area contributed by atoms with Crippen molar-refractivity contribution < 1.29 is 4.79 Å². The number of nitrogens with one attached hydrogen (secondary N) is 1. The van der Waals surface area contributed by atoms with Crippen molar-refractivity contribution in [2.75, 3.05) is 19.6 Å². The number of aromatic nitrogens is 2. The summed E-state index contributed by atoms with van der Waals surface area (Å²) in [5.41, 5.74) is 2.44. The normalized spacial score (nSPS) is 17.2. The van der Waals surface area contributed by atoms with E-state index in [1.54, 1.807) is 18.6 Å². The molecule has 1 unspecified atom stereocenters. The van der Waals surface area contributed by atoms with Crippen LogP contribution in [-0.2, 0) is 12.8 Å². The molecule has 5 nitrogen and oxygen atoms in total. The summed E-state index contributed by atoms with van der Waals surface area (Å²) in [5, 5.41) is 3.01. The molecule has 5 heteroatoms. The maximum Gasteiger partial charge on any atom is 0.317 e. The molecule has 1 saturated heterocycles. The standard InChI is InChI=1S/C18H22N4O/c23-18(21-10-5-15-3-8-19-9-4-15)22-11-6-17(14-22)12-16-2-1-7-20-13-16/h1-4,7-9,13,17H,5-6,10-12,14H2,(H,21,23). The second kappa shape index (κ2) is 7.72. The monoisotopic (exact) mass is 310 g/mol. The van der Waals surface area contributed by atoms with Crippen molar-refractivity contribution in [2.45, 2.75) is 19.3 Å². The van der Waals surface area contributed by atoms with E-state index in [1.165, 1.54) is 11.1 Å². The Morgan fingerprint density at radius 2 is 2.04 bits per heavy atom. The molecular weight excluding hydrogens is 288 g/mol. The van der Waals surface area contributed by atoms with Gasteiger partial charge in [0.15, 0.2) is 0 Å². The van der Waals surface area contributed by atoms with Crippen molar-refractivity contribution in [3.8, 4) is 0 Å². The molecule has 0 aromatic carbocycles. The molecule has 1 fully saturated rings. The molecule has 3 heterocycles. The molecule has 1 aliphatic heterocycles. The summed E-state index contributed by atoms with van der Waals surface area (Å²) in [7, 11) is 0. The number of carbonyl (C=O) groups is 1. The summed E-state index contributed by atoms with van der Waals surface area (Å²) in [6.45, 7) is 2.33. The zero-order chi connectivity index (χ0) is 15.9. The first-order chi connectivity index (χ1) is 11.3. The molecule has 1 atom stereocenters. The van der Waals surface area contributed by atoms with Crippen molar-refractivity contribution in [3.05, 3.63) is 60.2 Å². The molecule has 0 radical (unpaired) electrons. The van der Waals surface area contributed by atoms with E-state index in [9.17, 15) is 4.79 Å². The first-order valence-corrected chi connectivity index (χ1v) is 8.12. The van der Waals surface area contributed by atoms with Crippen LogP contribution in [0.3, 0.4) is 0 Å². The number of rotatable bonds is 5. The zero-order valence-corrected chi connectivity index (χ0v) is 13.2. The fourth-order valence-corrected chi connectivity index (χ4v) is 3.01. The first kappa shape index (κ1) is 15.5. The van der Waals surface area contributed by atoms with E-state index in [0.717, 1.165) is 32.4 Å². The zero-order valence-electron chi connectivity index (χ0n) is 13.2. The third-order valence-corrected chi connectivity index (χ3v) is 4.26. The fraction of sp³-hybridized carbons (Fsp3) is 0.389. The molecule has 1 N–H and O–H groups in total. The Hall–Kier alpha value is -2.43. The molecule has 2 aromatic heterocycles. The average molecular weight is 310 g/mol. The minimum Gasteiger partial charge on any atom is -0.338 e. The van der Waals surface area contributed by atoms with Gasteiger partial charge in [-0.3, -0.25) is 9.97 Å². The van der Waals surface area contributed by atoms with Crippen LogP contribution in [0.2, 0.25) is 0 Å². The van der Waals surface area contributed by atoms with Crippen LogP contribution in [-0.4, -0.2) is 40.5 Å². The molecule has 0 aliphatic carbocycles. The number of amides is 2. The minimum atomic E-state index is 0.0488. The van der Waals surface area contributed by atoms with Gasteiger partial charge in [0.05, 0.1) is 0 Å². The van der Waals surface area contributed by atoms with Crippen LogP contribution < -0.4 is 5.32 Å². The Bertz CT molecular complexity index is 617. The van der Waals surface area contributed by atoms with Crippen LogP contribution in [0.25, 0.3) is 0 Å². The van der Waals surface area contributed by atoms with Gasteiger partial charge in [-0.15, -0.1) is 0 Å². The van der Waals surface area contributed by atoms with Gasteiger partial charge in [0.25, 0.3) is 0 Å². The van der Waals surface area contributed by atoms with Gasteiger partial charge < -0.3 is 10.2 Å². The Kier molecular flexibility index (Phi) is 5.19. The molecule has 120 valence electrons. The van der Waals surface area contributed by atoms with Crippen LogP contribution in [0.4, 0.5) is 4.79 Å². The van der Waals surface area contributed by atoms with E-state index < -0.39 is 0 Å². The highest BCUT2D eigenvalue weighted by Crippen LogP contribution is 2.20. The highest BCUT2D eigenvalue weighted by Gasteiger charge is 2.26. The van der Waals surface area contributed by atoms with Gasteiger partial charge in [0, 0.05) is 44.4 Å². The number of nitrogens with zero attached hydrogens (tertiary/aromatic N) is 3. The van der Waals surface area contributed by atoms with E-state index in [2.05, 4.69) is 21.4 Å². The first-order valence-electron chi connectivity index (χ1n) is 8.12. The maximum atomic E-state index is 12.2. The Morgan fingerprint density at radius 1 is 1.17 bits per heavy atom. The number of likely N-dealkylation sites (tertiary alicyclic amines) is 1. The maximum absolute atomic E-state index is 12.2. The van der Waals surface area contributed by atoms with Crippen LogP contribution >= 0.6 is 0 Å². The summed E-state index contributed by atoms with van der Waals surface area (Å²) in [5.74, 6) is 0.533. The summed E-state index contributed by atoms with van der Waals surface area (Å²) >= 11 is 0. The predicted molar refractivity (Wildman–Crippen MR) is 89.0 cm³/mol. The molecule has 2 aromatic rings. The molecule has 0 saturated carbocycles. The lowest BCUT2D eigenvalue weighted by molar-refractivity contribution is 0.207. The summed E-state index contributed by atoms with van der Waals surface area (Å²) in [4.78, 5) is 22.3. The third kappa shape index (κ3) is 4.52. The lowest BCUT2D eigenvalue weighted by Gasteiger charge is -2.17. The van der Waals surface area contributed by atoms with E-state index >= 15 is 0 Å². The minimum absolute atomic E-state index is 0.0488. The molecule has 0 bridgehead atoms. The van der Waals surface area contributed by atoms with Gasteiger partial charge in [0.2, 0.25) is 0 Å². The van der Waals surface area contributed by atoms with E-state index in [-0.39, 0.29) is 6.03 Å². The van der Waals surface area contributed by atoms with E-state index in [4.69, 9.17) is 0 Å². The molecular formula is C18H22N4O. The van der Waals surface area contributed by atoms with Crippen LogP contribution in [0, 0.1) is 5.92 Å². The summed E-state index contributed by atoms with van der Waals surface area (Å²) in [6.07, 6.45) is 10.2. The highest BCUT2D eigenvalue weighted by atomic mass is 16.2. The van der Waals surface area contributed by atoms with E-state index in [1.807, 2.05) is 29.3 Å². The number of urea groups is 1. The smallest absolute Gasteiger partial charge is 0.317 e. The lowest BCUT2D eigenvalue weighted by atomic mass is 10.0. The van der Waals surface area contributed by atoms with Gasteiger partial charge >= 0.3 is 6.03 Å².